The third-order valence-electron chi connectivity index (χ3n) is 5.44. The number of benzene rings is 2. The average molecular weight is 399 g/mol. The highest BCUT2D eigenvalue weighted by atomic mass is 35.5. The number of morpholine rings is 1. The lowest BCUT2D eigenvalue weighted by atomic mass is 10.1. The zero-order chi connectivity index (χ0) is 19.5. The molecule has 5 nitrogen and oxygen atoms in total. The van der Waals surface area contributed by atoms with Gasteiger partial charge < -0.3 is 14.5 Å². The molecule has 2 amide bonds. The lowest BCUT2D eigenvalue weighted by molar-refractivity contribution is -0.147. The van der Waals surface area contributed by atoms with Crippen LogP contribution in [0.15, 0.2) is 54.6 Å². The summed E-state index contributed by atoms with van der Waals surface area (Å²) in [5.74, 6) is 0.0419. The van der Waals surface area contributed by atoms with Gasteiger partial charge in [0.1, 0.15) is 12.1 Å². The maximum absolute atomic E-state index is 13.3. The highest BCUT2D eigenvalue weighted by molar-refractivity contribution is 6.31. The van der Waals surface area contributed by atoms with Crippen molar-refractivity contribution < 1.29 is 14.3 Å². The van der Waals surface area contributed by atoms with Gasteiger partial charge >= 0.3 is 0 Å². The van der Waals surface area contributed by atoms with Crippen molar-refractivity contribution in [2.75, 3.05) is 19.7 Å². The van der Waals surface area contributed by atoms with E-state index in [2.05, 4.69) is 0 Å². The summed E-state index contributed by atoms with van der Waals surface area (Å²) in [5, 5.41) is 0.642. The van der Waals surface area contributed by atoms with E-state index in [1.165, 1.54) is 0 Å². The SMILES string of the molecule is O=C(C1CCC(=O)N1Cc1ccccc1)N1CCOC(c2ccccc2Cl)C1. The van der Waals surface area contributed by atoms with Crippen LogP contribution in [0.25, 0.3) is 0 Å². The van der Waals surface area contributed by atoms with Crippen molar-refractivity contribution in [1.82, 2.24) is 9.80 Å². The largest absolute Gasteiger partial charge is 0.370 e. The predicted molar refractivity (Wildman–Crippen MR) is 107 cm³/mol. The Morgan fingerprint density at radius 1 is 1.11 bits per heavy atom. The van der Waals surface area contributed by atoms with Crippen LogP contribution in [0.4, 0.5) is 0 Å². The summed E-state index contributed by atoms with van der Waals surface area (Å²) in [6.07, 6.45) is 0.742. The molecule has 146 valence electrons. The molecule has 4 rings (SSSR count). The van der Waals surface area contributed by atoms with Crippen LogP contribution in [0.1, 0.15) is 30.1 Å². The van der Waals surface area contributed by atoms with Crippen LogP contribution in [0.2, 0.25) is 5.02 Å². The maximum Gasteiger partial charge on any atom is 0.245 e. The lowest BCUT2D eigenvalue weighted by Gasteiger charge is -2.36. The Kier molecular flexibility index (Phi) is 5.64. The molecule has 2 unspecified atom stereocenters. The van der Waals surface area contributed by atoms with E-state index in [9.17, 15) is 9.59 Å². The van der Waals surface area contributed by atoms with Crippen molar-refractivity contribution >= 4 is 23.4 Å². The van der Waals surface area contributed by atoms with Crippen molar-refractivity contribution in [2.24, 2.45) is 0 Å². The van der Waals surface area contributed by atoms with E-state index in [0.717, 1.165) is 11.1 Å². The van der Waals surface area contributed by atoms with Crippen LogP contribution in [-0.2, 0) is 20.9 Å². The van der Waals surface area contributed by atoms with E-state index in [1.54, 1.807) is 4.90 Å². The molecule has 2 aliphatic rings. The first-order valence-electron chi connectivity index (χ1n) is 9.61. The molecule has 2 heterocycles. The Bertz CT molecular complexity index is 858. The summed E-state index contributed by atoms with van der Waals surface area (Å²) in [7, 11) is 0. The molecule has 28 heavy (non-hydrogen) atoms. The van der Waals surface area contributed by atoms with Gasteiger partial charge in [-0.1, -0.05) is 60.1 Å². The molecule has 2 aromatic rings. The quantitative estimate of drug-likeness (QED) is 0.792. The number of nitrogens with zero attached hydrogens (tertiary/aromatic N) is 2. The van der Waals surface area contributed by atoms with Crippen LogP contribution in [0.3, 0.4) is 0 Å². The molecule has 2 atom stereocenters. The van der Waals surface area contributed by atoms with Crippen molar-refractivity contribution in [3.8, 4) is 0 Å². The van der Waals surface area contributed by atoms with E-state index in [-0.39, 0.29) is 17.9 Å². The normalized spacial score (nSPS) is 22.5. The Hall–Kier alpha value is -2.37. The first-order chi connectivity index (χ1) is 13.6. The Balaban J connectivity index is 1.48. The number of carbonyl (C=O) groups is 2. The lowest BCUT2D eigenvalue weighted by Crippen LogP contribution is -2.50. The van der Waals surface area contributed by atoms with Crippen LogP contribution in [-0.4, -0.2) is 47.4 Å². The fraction of sp³-hybridized carbons (Fsp3) is 0.364. The molecule has 2 saturated heterocycles. The second kappa shape index (κ2) is 8.33. The summed E-state index contributed by atoms with van der Waals surface area (Å²) < 4.78 is 5.87. The molecular weight excluding hydrogens is 376 g/mol. The third-order valence-corrected chi connectivity index (χ3v) is 5.78. The molecule has 0 bridgehead atoms. The second-order valence-electron chi connectivity index (χ2n) is 7.23. The second-order valence-corrected chi connectivity index (χ2v) is 7.63. The molecule has 2 aliphatic heterocycles. The number of hydrogen-bond acceptors (Lipinski definition) is 3. The van der Waals surface area contributed by atoms with Crippen molar-refractivity contribution in [3.63, 3.8) is 0 Å². The molecule has 0 aromatic heterocycles. The topological polar surface area (TPSA) is 49.9 Å². The molecule has 0 N–H and O–H groups in total. The van der Waals surface area contributed by atoms with Gasteiger partial charge in [0.25, 0.3) is 0 Å². The van der Waals surface area contributed by atoms with Gasteiger partial charge in [-0.25, -0.2) is 0 Å². The molecule has 6 heteroatoms. The van der Waals surface area contributed by atoms with Crippen molar-refractivity contribution in [3.05, 3.63) is 70.7 Å². The van der Waals surface area contributed by atoms with Crippen LogP contribution in [0.5, 0.6) is 0 Å². The van der Waals surface area contributed by atoms with Crippen molar-refractivity contribution in [1.29, 1.82) is 0 Å². The van der Waals surface area contributed by atoms with Gasteiger partial charge in [0.15, 0.2) is 0 Å². The van der Waals surface area contributed by atoms with Crippen LogP contribution < -0.4 is 0 Å². The number of carbonyl (C=O) groups excluding carboxylic acids is 2. The first-order valence-corrected chi connectivity index (χ1v) is 9.99. The van der Waals surface area contributed by atoms with Crippen molar-refractivity contribution in [2.45, 2.75) is 31.5 Å². The zero-order valence-electron chi connectivity index (χ0n) is 15.6. The van der Waals surface area contributed by atoms with Gasteiger partial charge in [-0.2, -0.15) is 0 Å². The standard InChI is InChI=1S/C22H23ClN2O3/c23-18-9-5-4-8-17(18)20-15-24(12-13-28-20)22(27)19-10-11-21(26)25(19)14-16-6-2-1-3-7-16/h1-9,19-20H,10-15H2. The van der Waals surface area contributed by atoms with Gasteiger partial charge in [-0.05, 0) is 18.1 Å². The van der Waals surface area contributed by atoms with Gasteiger partial charge in [-0.3, -0.25) is 9.59 Å². The summed E-state index contributed by atoms with van der Waals surface area (Å²) >= 11 is 6.31. The number of hydrogen-bond donors (Lipinski definition) is 0. The van der Waals surface area contributed by atoms with Gasteiger partial charge in [0, 0.05) is 30.1 Å². The number of likely N-dealkylation sites (tertiary alicyclic amines) is 1. The summed E-state index contributed by atoms with van der Waals surface area (Å²) in [4.78, 5) is 29.2. The Morgan fingerprint density at radius 3 is 2.64 bits per heavy atom. The van der Waals surface area contributed by atoms with Crippen LogP contribution in [0, 0.1) is 0 Å². The molecular formula is C22H23ClN2O3. The highest BCUT2D eigenvalue weighted by Gasteiger charge is 2.39. The minimum atomic E-state index is -0.405. The number of rotatable bonds is 4. The molecule has 0 saturated carbocycles. The molecule has 2 fully saturated rings. The van der Waals surface area contributed by atoms with Gasteiger partial charge in [0.05, 0.1) is 13.2 Å². The number of ether oxygens (including phenoxy) is 1. The minimum Gasteiger partial charge on any atom is -0.370 e. The highest BCUT2D eigenvalue weighted by Crippen LogP contribution is 2.30. The maximum atomic E-state index is 13.3. The summed E-state index contributed by atoms with van der Waals surface area (Å²) in [5.41, 5.74) is 1.93. The smallest absolute Gasteiger partial charge is 0.245 e. The fourth-order valence-corrected chi connectivity index (χ4v) is 4.21. The third kappa shape index (κ3) is 3.91. The predicted octanol–water partition coefficient (Wildman–Crippen LogP) is 3.43. The molecule has 0 radical (unpaired) electrons. The van der Waals surface area contributed by atoms with Gasteiger partial charge in [-0.15, -0.1) is 0 Å². The molecule has 2 aromatic carbocycles. The van der Waals surface area contributed by atoms with Crippen LogP contribution >= 0.6 is 11.6 Å². The number of halogens is 1. The summed E-state index contributed by atoms with van der Waals surface area (Å²) in [6, 6.07) is 17.0. The average Bonchev–Trinajstić information content (AvgIpc) is 3.09. The van der Waals surface area contributed by atoms with E-state index in [1.807, 2.05) is 59.5 Å². The zero-order valence-corrected chi connectivity index (χ0v) is 16.3. The van der Waals surface area contributed by atoms with E-state index < -0.39 is 6.04 Å². The van der Waals surface area contributed by atoms with Gasteiger partial charge in [0.2, 0.25) is 11.8 Å². The Labute approximate surface area is 169 Å². The van der Waals surface area contributed by atoms with E-state index in [4.69, 9.17) is 16.3 Å². The number of amides is 2. The van der Waals surface area contributed by atoms with E-state index >= 15 is 0 Å². The fourth-order valence-electron chi connectivity index (χ4n) is 3.95. The Morgan fingerprint density at radius 2 is 1.86 bits per heavy atom. The molecule has 0 spiro atoms. The van der Waals surface area contributed by atoms with E-state index in [0.29, 0.717) is 44.1 Å². The molecule has 0 aliphatic carbocycles. The first kappa shape index (κ1) is 19.0. The minimum absolute atomic E-state index is 0.00198. The summed E-state index contributed by atoms with van der Waals surface area (Å²) in [6.45, 7) is 1.91. The monoisotopic (exact) mass is 398 g/mol.